The third-order valence-corrected chi connectivity index (χ3v) is 3.06. The lowest BCUT2D eigenvalue weighted by molar-refractivity contribution is -0.137. The van der Waals surface area contributed by atoms with E-state index in [1.807, 2.05) is 13.0 Å². The summed E-state index contributed by atoms with van der Waals surface area (Å²) in [7, 11) is 0. The molecule has 0 unspecified atom stereocenters. The van der Waals surface area contributed by atoms with Crippen molar-refractivity contribution < 1.29 is 9.53 Å². The van der Waals surface area contributed by atoms with Gasteiger partial charge in [-0.2, -0.15) is 0 Å². The molecule has 0 bridgehead atoms. The Labute approximate surface area is 136 Å². The van der Waals surface area contributed by atoms with E-state index in [-0.39, 0.29) is 5.97 Å². The van der Waals surface area contributed by atoms with Gasteiger partial charge in [0.1, 0.15) is 0 Å². The number of allylic oxidation sites excluding steroid dienone is 7. The maximum absolute atomic E-state index is 11.0. The summed E-state index contributed by atoms with van der Waals surface area (Å²) in [5.74, 6) is -0.233. The first-order chi connectivity index (χ1) is 10.8. The number of esters is 1. The predicted molar refractivity (Wildman–Crippen MR) is 95.8 cm³/mol. The van der Waals surface area contributed by atoms with E-state index in [2.05, 4.69) is 43.4 Å². The maximum atomic E-state index is 11.0. The summed E-state index contributed by atoms with van der Waals surface area (Å²) in [5.41, 5.74) is 0. The number of carbonyl (C=O) groups excluding carboxylic acids is 1. The molecule has 2 nitrogen and oxygen atoms in total. The van der Waals surface area contributed by atoms with E-state index >= 15 is 0 Å². The number of ether oxygens (including phenoxy) is 1. The number of hydrogen-bond donors (Lipinski definition) is 0. The van der Waals surface area contributed by atoms with E-state index in [0.717, 1.165) is 38.5 Å². The van der Waals surface area contributed by atoms with Crippen LogP contribution in [0.5, 0.6) is 0 Å². The molecule has 0 amide bonds. The molecular weight excluding hydrogens is 272 g/mol. The second-order valence-electron chi connectivity index (χ2n) is 5.09. The molecule has 0 radical (unpaired) electrons. The third-order valence-electron chi connectivity index (χ3n) is 3.06. The zero-order chi connectivity index (χ0) is 16.3. The Hall–Kier alpha value is -1.57. The molecule has 0 heterocycles. The van der Waals surface area contributed by atoms with Crippen LogP contribution >= 0.6 is 0 Å². The van der Waals surface area contributed by atoms with E-state index in [4.69, 9.17) is 4.74 Å². The van der Waals surface area contributed by atoms with E-state index in [1.54, 1.807) is 0 Å². The largest absolute Gasteiger partial charge is 0.463 e. The van der Waals surface area contributed by atoms with Gasteiger partial charge in [-0.15, -0.1) is 0 Å². The quantitative estimate of drug-likeness (QED) is 0.183. The summed E-state index contributed by atoms with van der Waals surface area (Å²) in [6, 6.07) is 0. The molecule has 0 fully saturated rings. The first-order valence-corrected chi connectivity index (χ1v) is 8.59. The molecule has 2 heteroatoms. The Morgan fingerprint density at radius 1 is 0.773 bits per heavy atom. The van der Waals surface area contributed by atoms with Crippen molar-refractivity contribution >= 4 is 5.97 Å². The van der Waals surface area contributed by atoms with Crippen LogP contribution in [0, 0.1) is 0 Å². The molecule has 0 aromatic rings. The minimum Gasteiger partial charge on any atom is -0.463 e. The molecule has 0 saturated carbocycles. The van der Waals surface area contributed by atoms with Crippen LogP contribution in [0.4, 0.5) is 0 Å². The number of hydrogen-bond acceptors (Lipinski definition) is 2. The molecule has 0 aromatic heterocycles. The van der Waals surface area contributed by atoms with E-state index < -0.39 is 0 Å². The lowest BCUT2D eigenvalue weighted by atomic mass is 10.1. The molecule has 22 heavy (non-hydrogen) atoms. The molecule has 0 saturated heterocycles. The topological polar surface area (TPSA) is 26.3 Å². The molecule has 0 aliphatic rings. The highest BCUT2D eigenvalue weighted by atomic mass is 16.5. The van der Waals surface area contributed by atoms with Gasteiger partial charge in [-0.1, -0.05) is 55.9 Å². The molecule has 0 rings (SSSR count). The molecular formula is C20H32O2. The van der Waals surface area contributed by atoms with Crippen molar-refractivity contribution in [3.63, 3.8) is 0 Å². The summed E-state index contributed by atoms with van der Waals surface area (Å²) < 4.78 is 4.82. The monoisotopic (exact) mass is 304 g/mol. The van der Waals surface area contributed by atoms with Gasteiger partial charge in [0.15, 0.2) is 0 Å². The van der Waals surface area contributed by atoms with Gasteiger partial charge in [-0.3, -0.25) is 0 Å². The zero-order valence-corrected chi connectivity index (χ0v) is 14.3. The molecule has 0 aliphatic heterocycles. The summed E-state index contributed by atoms with van der Waals surface area (Å²) in [6.07, 6.45) is 25.6. The summed E-state index contributed by atoms with van der Waals surface area (Å²) >= 11 is 0. The van der Waals surface area contributed by atoms with Gasteiger partial charge in [-0.25, -0.2) is 4.79 Å². The average molecular weight is 304 g/mol. The van der Waals surface area contributed by atoms with Crippen molar-refractivity contribution in [1.82, 2.24) is 0 Å². The van der Waals surface area contributed by atoms with Crippen molar-refractivity contribution in [2.24, 2.45) is 0 Å². The molecule has 0 aromatic carbocycles. The Bertz CT molecular complexity index is 362. The maximum Gasteiger partial charge on any atom is 0.330 e. The van der Waals surface area contributed by atoms with Crippen LogP contribution in [0.25, 0.3) is 0 Å². The van der Waals surface area contributed by atoms with Crippen molar-refractivity contribution in [1.29, 1.82) is 0 Å². The minimum atomic E-state index is -0.233. The fourth-order valence-corrected chi connectivity index (χ4v) is 1.90. The van der Waals surface area contributed by atoms with Crippen molar-refractivity contribution in [3.8, 4) is 0 Å². The SMILES string of the molecule is CCC=CCC=CCC=CCCCCCC=CC(=O)OCC. The molecule has 0 aliphatic carbocycles. The van der Waals surface area contributed by atoms with Crippen LogP contribution in [0.15, 0.2) is 48.6 Å². The van der Waals surface area contributed by atoms with Crippen LogP contribution in [0.1, 0.15) is 65.2 Å². The van der Waals surface area contributed by atoms with Crippen LogP contribution in [-0.2, 0) is 9.53 Å². The van der Waals surface area contributed by atoms with E-state index in [1.165, 1.54) is 18.9 Å². The molecule has 124 valence electrons. The average Bonchev–Trinajstić information content (AvgIpc) is 2.51. The van der Waals surface area contributed by atoms with Gasteiger partial charge in [0.25, 0.3) is 0 Å². The minimum absolute atomic E-state index is 0.233. The van der Waals surface area contributed by atoms with Gasteiger partial charge in [-0.05, 0) is 51.9 Å². The van der Waals surface area contributed by atoms with Crippen molar-refractivity contribution in [2.75, 3.05) is 6.61 Å². The van der Waals surface area contributed by atoms with E-state index in [9.17, 15) is 4.79 Å². The smallest absolute Gasteiger partial charge is 0.330 e. The van der Waals surface area contributed by atoms with Crippen molar-refractivity contribution in [3.05, 3.63) is 48.6 Å². The number of rotatable bonds is 13. The lowest BCUT2D eigenvalue weighted by Crippen LogP contribution is -1.98. The standard InChI is InChI=1S/C20H32O2/c1-3-5-6-7-8-9-10-11-12-13-14-15-16-17-18-19-20(21)22-4-2/h5-6,8-9,11-12,18-19H,3-4,7,10,13-17H2,1-2H3. The van der Waals surface area contributed by atoms with Gasteiger partial charge < -0.3 is 4.74 Å². The highest BCUT2D eigenvalue weighted by molar-refractivity contribution is 5.81. The summed E-state index contributed by atoms with van der Waals surface area (Å²) in [5, 5.41) is 0. The van der Waals surface area contributed by atoms with Crippen LogP contribution in [-0.4, -0.2) is 12.6 Å². The van der Waals surface area contributed by atoms with Gasteiger partial charge in [0.2, 0.25) is 0 Å². The Morgan fingerprint density at radius 3 is 2.00 bits per heavy atom. The van der Waals surface area contributed by atoms with Crippen LogP contribution < -0.4 is 0 Å². The summed E-state index contributed by atoms with van der Waals surface area (Å²) in [6.45, 7) is 4.42. The van der Waals surface area contributed by atoms with E-state index in [0.29, 0.717) is 6.61 Å². The second-order valence-corrected chi connectivity index (χ2v) is 5.09. The molecule has 0 spiro atoms. The first-order valence-electron chi connectivity index (χ1n) is 8.59. The molecule has 0 atom stereocenters. The lowest BCUT2D eigenvalue weighted by Gasteiger charge is -1.96. The first kappa shape index (κ1) is 20.4. The number of unbranched alkanes of at least 4 members (excludes halogenated alkanes) is 4. The van der Waals surface area contributed by atoms with Gasteiger partial charge in [0.05, 0.1) is 6.61 Å². The van der Waals surface area contributed by atoms with Crippen LogP contribution in [0.2, 0.25) is 0 Å². The fraction of sp³-hybridized carbons (Fsp3) is 0.550. The summed E-state index contributed by atoms with van der Waals surface area (Å²) in [4.78, 5) is 11.0. The Kier molecular flexibility index (Phi) is 16.2. The second kappa shape index (κ2) is 17.5. The third kappa shape index (κ3) is 16.5. The normalized spacial score (nSPS) is 12.3. The fourth-order valence-electron chi connectivity index (χ4n) is 1.90. The highest BCUT2D eigenvalue weighted by Gasteiger charge is 1.92. The van der Waals surface area contributed by atoms with Crippen molar-refractivity contribution in [2.45, 2.75) is 65.2 Å². The van der Waals surface area contributed by atoms with Crippen LogP contribution in [0.3, 0.4) is 0 Å². The Balaban J connectivity index is 3.37. The highest BCUT2D eigenvalue weighted by Crippen LogP contribution is 2.05. The van der Waals surface area contributed by atoms with Gasteiger partial charge >= 0.3 is 5.97 Å². The Morgan fingerprint density at radius 2 is 1.36 bits per heavy atom. The number of carbonyl (C=O) groups is 1. The molecule has 0 N–H and O–H groups in total. The predicted octanol–water partition coefficient (Wildman–Crippen LogP) is 5.92. The van der Waals surface area contributed by atoms with Gasteiger partial charge in [0, 0.05) is 6.08 Å². The zero-order valence-electron chi connectivity index (χ0n) is 14.3.